The minimum atomic E-state index is -4.29. The van der Waals surface area contributed by atoms with E-state index in [1.54, 1.807) is 0 Å². The lowest BCUT2D eigenvalue weighted by atomic mass is 9.85. The van der Waals surface area contributed by atoms with Gasteiger partial charge in [0.25, 0.3) is 0 Å². The summed E-state index contributed by atoms with van der Waals surface area (Å²) in [6.07, 6.45) is 20.6. The fourth-order valence-electron chi connectivity index (χ4n) is 22.2. The van der Waals surface area contributed by atoms with Crippen LogP contribution in [0.4, 0.5) is 43.4 Å². The predicted molar refractivity (Wildman–Crippen MR) is 493 cm³/mol. The Kier molecular flexibility index (Phi) is 31.6. The molecule has 6 fully saturated rings. The first-order chi connectivity index (χ1) is 61.0. The molecule has 3 saturated carbocycles. The van der Waals surface area contributed by atoms with Crippen LogP contribution in [0, 0.1) is 6.92 Å². The van der Waals surface area contributed by atoms with Gasteiger partial charge in [-0.3, -0.25) is 57.5 Å². The molecule has 3 aromatic heterocycles. The van der Waals surface area contributed by atoms with Crippen LogP contribution < -0.4 is 14.7 Å². The average molecular weight is 1780 g/mol. The number of alkyl halides is 6. The number of rotatable bonds is 32. The van der Waals surface area contributed by atoms with Crippen LogP contribution in [-0.4, -0.2) is 224 Å². The van der Waals surface area contributed by atoms with E-state index >= 15 is 0 Å². The van der Waals surface area contributed by atoms with Crippen molar-refractivity contribution in [3.63, 3.8) is 0 Å². The SMILES string of the molecule is CCN(c1c(C)c(C(=O)CCC2=C(C)C=C(C)CC2=O)cc2c1cnn2C)C1CCC(N2CC(OCC(F)(F)F)C2)CC1.CCOC1CN(C2CCC(N(CC)c3c(CC)c(C(=O)CCC4=C(C)C=C(C)CC4=O)cc4c3cnn4C)CC2)C1.CCc1c(C(=O)CCC2=C(C)C=C(C)CC2=O)cc2c(cnn2C)c1N(CC)C1CCC(N2CC(OCC(F)(F)F)C2)CC1. The number of carbonyl (C=O) groups is 6. The second-order valence-corrected chi connectivity index (χ2v) is 37.5. The molecular formula is C101H136F6N12O9. The van der Waals surface area contributed by atoms with Crippen molar-refractivity contribution in [3.8, 4) is 0 Å². The number of ketones is 6. The normalized spacial score (nSPS) is 22.2. The third kappa shape index (κ3) is 22.0. The third-order valence-electron chi connectivity index (χ3n) is 28.9. The van der Waals surface area contributed by atoms with Crippen molar-refractivity contribution in [1.29, 1.82) is 0 Å². The number of benzene rings is 3. The zero-order valence-corrected chi connectivity index (χ0v) is 78.4. The molecule has 0 amide bonds. The van der Waals surface area contributed by atoms with E-state index in [9.17, 15) is 55.1 Å². The van der Waals surface area contributed by atoms with Crippen molar-refractivity contribution in [3.05, 3.63) is 139 Å². The first-order valence-electron chi connectivity index (χ1n) is 47.2. The molecule has 15 rings (SSSR count). The molecule has 0 N–H and O–H groups in total. The number of ether oxygens (including phenoxy) is 3. The molecule has 27 heteroatoms. The van der Waals surface area contributed by atoms with E-state index in [2.05, 4.69) is 92.3 Å². The number of anilines is 3. The van der Waals surface area contributed by atoms with Gasteiger partial charge in [-0.1, -0.05) is 48.8 Å². The highest BCUT2D eigenvalue weighted by Crippen LogP contribution is 2.45. The molecular weight excluding hydrogens is 1640 g/mol. The lowest BCUT2D eigenvalue weighted by molar-refractivity contribution is -0.202. The molecule has 696 valence electrons. The number of hydrogen-bond donors (Lipinski definition) is 0. The standard InChI is InChI=1S/C34H45F3N4O3.C34H48N4O3.C33H43F3N4O3/c1-6-26-28(31(42)13-12-27-22(4)14-21(3)15-32(27)43)16-30-29(17-38-39(30)5)33(26)41(7-2)24-10-8-23(9-11-24)40-18-25(19-40)44-20-34(35,36)37;1-7-27-29(32(39)15-14-28-23(5)16-22(4)17-33(28)40)18-31-30(19-35-36(31)6)34(27)38(8-2)25-12-10-24(11-13-25)37-20-26(21-37)41-9-3;1-6-40(24-9-7-23(8-10-24)39-17-25(18-39)43-19-33(34,35)36)32-22(4)27(15-29-28(32)16-37-38(29)5)30(41)12-11-26-21(3)13-20(2)14-31(26)42/h14,16-17,23-25H,6-13,15,18-20H2,1-5H3;16,18-19,24-26H,7-15,17,20-21H2,1-6H3;13,15-16,23-25H,6-12,14,17-19H2,1-5H3. The third-order valence-corrected chi connectivity index (χ3v) is 28.9. The molecule has 128 heavy (non-hydrogen) atoms. The largest absolute Gasteiger partial charge is 0.411 e. The van der Waals surface area contributed by atoms with Crippen LogP contribution in [0.15, 0.2) is 105 Å². The van der Waals surface area contributed by atoms with E-state index in [1.807, 2.05) is 133 Å². The number of likely N-dealkylation sites (tertiary alicyclic amines) is 3. The zero-order chi connectivity index (χ0) is 92.1. The molecule has 3 saturated heterocycles. The molecule has 0 atom stereocenters. The maximum atomic E-state index is 13.9. The van der Waals surface area contributed by atoms with Gasteiger partial charge in [0.2, 0.25) is 0 Å². The molecule has 0 radical (unpaired) electrons. The molecule has 0 bridgehead atoms. The predicted octanol–water partition coefficient (Wildman–Crippen LogP) is 19.4. The number of aryl methyl sites for hydroxylation is 3. The number of allylic oxidation sites excluding steroid dienone is 12. The lowest BCUT2D eigenvalue weighted by Gasteiger charge is -2.48. The lowest BCUT2D eigenvalue weighted by Crippen LogP contribution is -2.58. The van der Waals surface area contributed by atoms with Gasteiger partial charge in [-0.2, -0.15) is 41.6 Å². The van der Waals surface area contributed by atoms with Crippen LogP contribution in [0.3, 0.4) is 0 Å². The van der Waals surface area contributed by atoms with Crippen molar-refractivity contribution in [1.82, 2.24) is 44.0 Å². The van der Waals surface area contributed by atoms with Crippen LogP contribution >= 0.6 is 0 Å². The average Bonchev–Trinajstić information content (AvgIpc) is 1.52. The highest BCUT2D eigenvalue weighted by molar-refractivity contribution is 6.10. The van der Waals surface area contributed by atoms with E-state index in [0.29, 0.717) is 119 Å². The van der Waals surface area contributed by atoms with Crippen LogP contribution in [-0.2, 0) is 62.6 Å². The van der Waals surface area contributed by atoms with Crippen molar-refractivity contribution in [2.24, 2.45) is 21.1 Å². The Bertz CT molecular complexity index is 5290. The minimum absolute atomic E-state index is 0.0288. The van der Waals surface area contributed by atoms with E-state index in [-0.39, 0.29) is 71.8 Å². The molecule has 9 aliphatic rings. The van der Waals surface area contributed by atoms with Crippen molar-refractivity contribution < 1.29 is 69.3 Å². The Hall–Kier alpha value is -8.73. The van der Waals surface area contributed by atoms with Gasteiger partial charge in [-0.15, -0.1) is 0 Å². The number of fused-ring (bicyclic) bond motifs is 3. The second kappa shape index (κ2) is 41.8. The van der Waals surface area contributed by atoms with Crippen LogP contribution in [0.25, 0.3) is 32.7 Å². The summed E-state index contributed by atoms with van der Waals surface area (Å²) in [7, 11) is 5.74. The summed E-state index contributed by atoms with van der Waals surface area (Å²) in [5.41, 5.74) is 19.9. The summed E-state index contributed by atoms with van der Waals surface area (Å²) >= 11 is 0. The van der Waals surface area contributed by atoms with E-state index in [1.165, 1.54) is 18.5 Å². The summed E-state index contributed by atoms with van der Waals surface area (Å²) in [6, 6.07) is 8.35. The fourth-order valence-corrected chi connectivity index (χ4v) is 22.2. The van der Waals surface area contributed by atoms with Crippen LogP contribution in [0.2, 0.25) is 0 Å². The maximum absolute atomic E-state index is 13.9. The molecule has 6 heterocycles. The number of aromatic nitrogens is 6. The zero-order valence-electron chi connectivity index (χ0n) is 78.4. The second-order valence-electron chi connectivity index (χ2n) is 37.5. The summed E-state index contributed by atoms with van der Waals surface area (Å²) in [5.74, 6) is 0.580. The molecule has 0 spiro atoms. The molecule has 21 nitrogen and oxygen atoms in total. The smallest absolute Gasteiger partial charge is 0.376 e. The van der Waals surface area contributed by atoms with E-state index < -0.39 is 25.6 Å². The van der Waals surface area contributed by atoms with Gasteiger partial charge < -0.3 is 28.9 Å². The van der Waals surface area contributed by atoms with Crippen molar-refractivity contribution >= 4 is 84.5 Å². The van der Waals surface area contributed by atoms with Crippen molar-refractivity contribution in [2.75, 3.05) is 93.4 Å². The Morgan fingerprint density at radius 3 is 0.969 bits per heavy atom. The van der Waals surface area contributed by atoms with E-state index in [0.717, 1.165) is 226 Å². The Morgan fingerprint density at radius 2 is 0.688 bits per heavy atom. The van der Waals surface area contributed by atoms with Gasteiger partial charge in [0.1, 0.15) is 13.2 Å². The van der Waals surface area contributed by atoms with E-state index in [4.69, 9.17) is 14.2 Å². The Morgan fingerprint density at radius 1 is 0.406 bits per heavy atom. The first kappa shape index (κ1) is 96.8. The Balaban J connectivity index is 0.000000164. The van der Waals surface area contributed by atoms with Crippen LogP contribution in [0.5, 0.6) is 0 Å². The molecule has 6 aliphatic carbocycles. The first-order valence-corrected chi connectivity index (χ1v) is 47.2. The monoisotopic (exact) mass is 1780 g/mol. The number of Topliss-reactive ketones (excluding diaryl/α,β-unsaturated/α-hetero) is 6. The highest BCUT2D eigenvalue weighted by Gasteiger charge is 2.43. The summed E-state index contributed by atoms with van der Waals surface area (Å²) in [6.45, 7) is 31.9. The van der Waals surface area contributed by atoms with Gasteiger partial charge >= 0.3 is 12.4 Å². The number of nitrogens with zero attached hydrogens (tertiary/aromatic N) is 12. The highest BCUT2D eigenvalue weighted by atomic mass is 19.4. The molecule has 3 aliphatic heterocycles. The fraction of sp³-hybridized carbons (Fsp3) is 0.614. The van der Waals surface area contributed by atoms with Gasteiger partial charge in [-0.25, -0.2) is 0 Å². The molecule has 0 unspecified atom stereocenters. The van der Waals surface area contributed by atoms with Gasteiger partial charge in [-0.05, 0) is 254 Å². The Labute approximate surface area is 751 Å². The maximum Gasteiger partial charge on any atom is 0.411 e. The summed E-state index contributed by atoms with van der Waals surface area (Å²) < 4.78 is 96.4. The van der Waals surface area contributed by atoms with Gasteiger partial charge in [0.05, 0.1) is 70.5 Å². The summed E-state index contributed by atoms with van der Waals surface area (Å²) in [5, 5.41) is 16.9. The van der Waals surface area contributed by atoms with Gasteiger partial charge in [0, 0.05) is 194 Å². The van der Waals surface area contributed by atoms with Crippen LogP contribution in [0.1, 0.15) is 266 Å². The topological polar surface area (TPSA) is 203 Å². The minimum Gasteiger partial charge on any atom is -0.376 e. The summed E-state index contributed by atoms with van der Waals surface area (Å²) in [4.78, 5) is 94.1. The quantitative estimate of drug-likeness (QED) is 0.0285. The number of halogens is 6. The number of carbonyl (C=O) groups excluding carboxylic acids is 6. The van der Waals surface area contributed by atoms with Crippen molar-refractivity contribution in [2.45, 2.75) is 305 Å². The molecule has 6 aromatic rings. The molecule has 3 aromatic carbocycles. The van der Waals surface area contributed by atoms with Gasteiger partial charge in [0.15, 0.2) is 34.7 Å². The number of hydrogen-bond acceptors (Lipinski definition) is 18.